The minimum absolute atomic E-state index is 0.203. The Morgan fingerprint density at radius 3 is 2.46 bits per heavy atom. The van der Waals surface area contributed by atoms with Crippen molar-refractivity contribution < 1.29 is 23.9 Å². The van der Waals surface area contributed by atoms with Gasteiger partial charge >= 0.3 is 6.03 Å². The van der Waals surface area contributed by atoms with Crippen LogP contribution in [0.3, 0.4) is 0 Å². The fourth-order valence-electron chi connectivity index (χ4n) is 3.88. The number of nitrogens with zero attached hydrogens (tertiary/aromatic N) is 1. The van der Waals surface area contributed by atoms with E-state index in [2.05, 4.69) is 5.32 Å². The summed E-state index contributed by atoms with van der Waals surface area (Å²) < 4.78 is 11.7. The van der Waals surface area contributed by atoms with Crippen LogP contribution in [-0.2, 0) is 16.2 Å². The van der Waals surface area contributed by atoms with Crippen LogP contribution in [0, 0.1) is 13.8 Å². The lowest BCUT2D eigenvalue weighted by atomic mass is 10.0. The predicted octanol–water partition coefficient (Wildman–Crippen LogP) is 6.25. The molecule has 0 aromatic heterocycles. The topological polar surface area (TPSA) is 84.9 Å². The molecule has 0 spiro atoms. The van der Waals surface area contributed by atoms with Gasteiger partial charge in [-0.05, 0) is 79.4 Å². The van der Waals surface area contributed by atoms with Gasteiger partial charge in [0.05, 0.1) is 17.3 Å². The Balaban J connectivity index is 1.68. The fourth-order valence-corrected chi connectivity index (χ4v) is 4.36. The molecule has 1 aliphatic heterocycles. The second-order valence-electron chi connectivity index (χ2n) is 8.36. The maximum atomic E-state index is 13.3. The predicted molar refractivity (Wildman–Crippen MR) is 143 cm³/mol. The van der Waals surface area contributed by atoms with Crippen molar-refractivity contribution in [2.75, 3.05) is 11.5 Å². The van der Waals surface area contributed by atoms with Crippen molar-refractivity contribution in [1.82, 2.24) is 5.32 Å². The van der Waals surface area contributed by atoms with Gasteiger partial charge in [0, 0.05) is 5.02 Å². The van der Waals surface area contributed by atoms with Gasteiger partial charge in [-0.1, -0.05) is 47.5 Å². The van der Waals surface area contributed by atoms with Gasteiger partial charge in [-0.15, -0.1) is 0 Å². The fraction of sp³-hybridized carbons (Fsp3) is 0.179. The summed E-state index contributed by atoms with van der Waals surface area (Å²) in [5.41, 5.74) is 3.12. The number of urea groups is 1. The molecule has 1 N–H and O–H groups in total. The van der Waals surface area contributed by atoms with E-state index >= 15 is 0 Å². The molecule has 0 radical (unpaired) electrons. The summed E-state index contributed by atoms with van der Waals surface area (Å²) in [6.45, 7) is 6.03. The van der Waals surface area contributed by atoms with E-state index in [1.165, 1.54) is 6.08 Å². The van der Waals surface area contributed by atoms with Crippen LogP contribution in [0.1, 0.15) is 29.2 Å². The lowest BCUT2D eigenvalue weighted by Crippen LogP contribution is -2.54. The third-order valence-corrected chi connectivity index (χ3v) is 6.35. The van der Waals surface area contributed by atoms with Gasteiger partial charge in [0.1, 0.15) is 12.2 Å². The summed E-state index contributed by atoms with van der Waals surface area (Å²) >= 11 is 12.6. The SMILES string of the molecule is CCOc1cc(/C=C2\C(=O)NC(=O)N(c3cccc(C)c3C)C2=O)cc(Cl)c1OCc1cccc(Cl)c1. The normalized spacial score (nSPS) is 14.7. The van der Waals surface area contributed by atoms with Crippen LogP contribution in [0.5, 0.6) is 11.5 Å². The van der Waals surface area contributed by atoms with Crippen LogP contribution in [0.25, 0.3) is 6.08 Å². The Kier molecular flexibility index (Phi) is 7.86. The first kappa shape index (κ1) is 26.3. The summed E-state index contributed by atoms with van der Waals surface area (Å²) in [5.74, 6) is -0.878. The molecule has 190 valence electrons. The summed E-state index contributed by atoms with van der Waals surface area (Å²) in [6.07, 6.45) is 1.37. The Hall–Kier alpha value is -3.81. The lowest BCUT2D eigenvalue weighted by molar-refractivity contribution is -0.122. The summed E-state index contributed by atoms with van der Waals surface area (Å²) in [4.78, 5) is 39.6. The van der Waals surface area contributed by atoms with E-state index in [9.17, 15) is 14.4 Å². The van der Waals surface area contributed by atoms with Gasteiger partial charge in [0.25, 0.3) is 11.8 Å². The van der Waals surface area contributed by atoms with Crippen molar-refractivity contribution >= 4 is 52.8 Å². The first-order chi connectivity index (χ1) is 17.7. The first-order valence-corrected chi connectivity index (χ1v) is 12.3. The largest absolute Gasteiger partial charge is 0.490 e. The molecule has 3 aromatic carbocycles. The number of amides is 4. The van der Waals surface area contributed by atoms with Crippen molar-refractivity contribution in [3.05, 3.63) is 92.5 Å². The number of imide groups is 2. The van der Waals surface area contributed by atoms with Crippen molar-refractivity contribution in [1.29, 1.82) is 0 Å². The number of nitrogens with one attached hydrogen (secondary N) is 1. The minimum Gasteiger partial charge on any atom is -0.490 e. The van der Waals surface area contributed by atoms with E-state index in [1.807, 2.05) is 32.0 Å². The summed E-state index contributed by atoms with van der Waals surface area (Å²) in [5, 5.41) is 3.06. The minimum atomic E-state index is -0.807. The molecule has 1 saturated heterocycles. The van der Waals surface area contributed by atoms with Crippen LogP contribution >= 0.6 is 23.2 Å². The second kappa shape index (κ2) is 11.1. The molecule has 9 heteroatoms. The maximum absolute atomic E-state index is 13.3. The third-order valence-electron chi connectivity index (χ3n) is 5.83. The Labute approximate surface area is 224 Å². The van der Waals surface area contributed by atoms with Crippen molar-refractivity contribution in [2.45, 2.75) is 27.4 Å². The molecule has 0 saturated carbocycles. The van der Waals surface area contributed by atoms with Crippen LogP contribution in [0.15, 0.2) is 60.2 Å². The van der Waals surface area contributed by atoms with E-state index in [4.69, 9.17) is 32.7 Å². The summed E-state index contributed by atoms with van der Waals surface area (Å²) in [6, 6.07) is 14.9. The molecule has 0 bridgehead atoms. The van der Waals surface area contributed by atoms with Crippen LogP contribution in [0.2, 0.25) is 10.0 Å². The third kappa shape index (κ3) is 5.63. The van der Waals surface area contributed by atoms with Crippen molar-refractivity contribution in [3.63, 3.8) is 0 Å². The molecule has 1 heterocycles. The number of carbonyl (C=O) groups is 3. The molecule has 0 atom stereocenters. The Morgan fingerprint density at radius 1 is 0.973 bits per heavy atom. The maximum Gasteiger partial charge on any atom is 0.335 e. The Bertz CT molecular complexity index is 1430. The molecular formula is C28H24Cl2N2O5. The zero-order chi connectivity index (χ0) is 26.7. The van der Waals surface area contributed by atoms with E-state index in [0.717, 1.165) is 21.6 Å². The Morgan fingerprint density at radius 2 is 1.73 bits per heavy atom. The van der Waals surface area contributed by atoms with E-state index in [0.29, 0.717) is 34.4 Å². The number of rotatable bonds is 7. The number of aryl methyl sites for hydroxylation is 1. The monoisotopic (exact) mass is 538 g/mol. The van der Waals surface area contributed by atoms with Crippen molar-refractivity contribution in [3.8, 4) is 11.5 Å². The molecule has 0 unspecified atom stereocenters. The van der Waals surface area contributed by atoms with Crippen LogP contribution < -0.4 is 19.7 Å². The van der Waals surface area contributed by atoms with Gasteiger partial charge < -0.3 is 9.47 Å². The van der Waals surface area contributed by atoms with Gasteiger partial charge in [-0.25, -0.2) is 9.69 Å². The number of anilines is 1. The van der Waals surface area contributed by atoms with Gasteiger partial charge in [-0.3, -0.25) is 14.9 Å². The molecule has 3 aromatic rings. The zero-order valence-corrected chi connectivity index (χ0v) is 21.9. The van der Waals surface area contributed by atoms with Crippen LogP contribution in [0.4, 0.5) is 10.5 Å². The van der Waals surface area contributed by atoms with E-state index < -0.39 is 17.8 Å². The number of carbonyl (C=O) groups excluding carboxylic acids is 3. The number of hydrogen-bond acceptors (Lipinski definition) is 5. The highest BCUT2D eigenvalue weighted by Crippen LogP contribution is 2.38. The number of benzene rings is 3. The smallest absolute Gasteiger partial charge is 0.335 e. The van der Waals surface area contributed by atoms with Gasteiger partial charge in [0.2, 0.25) is 0 Å². The highest BCUT2D eigenvalue weighted by atomic mass is 35.5. The lowest BCUT2D eigenvalue weighted by Gasteiger charge is -2.28. The quantitative estimate of drug-likeness (QED) is 0.283. The van der Waals surface area contributed by atoms with E-state index in [1.54, 1.807) is 43.3 Å². The number of barbiturate groups is 1. The first-order valence-electron chi connectivity index (χ1n) is 11.5. The molecule has 37 heavy (non-hydrogen) atoms. The molecule has 1 aliphatic rings. The van der Waals surface area contributed by atoms with Crippen LogP contribution in [-0.4, -0.2) is 24.5 Å². The molecular weight excluding hydrogens is 515 g/mol. The van der Waals surface area contributed by atoms with Crippen molar-refractivity contribution in [2.24, 2.45) is 0 Å². The molecule has 4 rings (SSSR count). The number of ether oxygens (including phenoxy) is 2. The average Bonchev–Trinajstić information content (AvgIpc) is 2.84. The number of hydrogen-bond donors (Lipinski definition) is 1. The van der Waals surface area contributed by atoms with E-state index in [-0.39, 0.29) is 17.2 Å². The zero-order valence-electron chi connectivity index (χ0n) is 20.4. The average molecular weight is 539 g/mol. The highest BCUT2D eigenvalue weighted by molar-refractivity contribution is 6.39. The summed E-state index contributed by atoms with van der Waals surface area (Å²) in [7, 11) is 0. The highest BCUT2D eigenvalue weighted by Gasteiger charge is 2.37. The molecule has 1 fully saturated rings. The molecule has 0 aliphatic carbocycles. The number of halogens is 2. The standard InChI is InChI=1S/C28H24Cl2N2O5/c1-4-36-24-14-19(13-22(30)25(24)37-15-18-8-6-9-20(29)11-18)12-21-26(33)31-28(35)32(27(21)34)23-10-5-7-16(2)17(23)3/h5-14H,4,15H2,1-3H3,(H,31,33,35)/b21-12+. The molecule has 7 nitrogen and oxygen atoms in total. The van der Waals surface area contributed by atoms with Gasteiger partial charge in [-0.2, -0.15) is 0 Å². The van der Waals surface area contributed by atoms with Gasteiger partial charge in [0.15, 0.2) is 11.5 Å². The second-order valence-corrected chi connectivity index (χ2v) is 9.20. The molecule has 4 amide bonds.